The summed E-state index contributed by atoms with van der Waals surface area (Å²) in [5.41, 5.74) is 1.15. The molecule has 1 amide bonds. The van der Waals surface area contributed by atoms with Crippen LogP contribution in [0.3, 0.4) is 0 Å². The molecule has 0 bridgehead atoms. The number of nitro groups is 1. The second-order valence-electron chi connectivity index (χ2n) is 5.82. The summed E-state index contributed by atoms with van der Waals surface area (Å²) in [5, 5.41) is 13.5. The molecule has 1 N–H and O–H groups in total. The number of nitrogens with zero attached hydrogens (tertiary/aromatic N) is 5. The molecule has 0 radical (unpaired) electrons. The summed E-state index contributed by atoms with van der Waals surface area (Å²) >= 11 is 0. The van der Waals surface area contributed by atoms with Gasteiger partial charge in [-0.1, -0.05) is 0 Å². The Bertz CT molecular complexity index is 754. The Kier molecular flexibility index (Phi) is 4.85. The average Bonchev–Trinajstić information content (AvgIpc) is 2.63. The Morgan fingerprint density at radius 3 is 2.28 bits per heavy atom. The van der Waals surface area contributed by atoms with Gasteiger partial charge >= 0.3 is 5.69 Å². The van der Waals surface area contributed by atoms with E-state index in [1.165, 1.54) is 0 Å². The lowest BCUT2D eigenvalue weighted by atomic mass is 10.1. The molecule has 25 heavy (non-hydrogen) atoms. The van der Waals surface area contributed by atoms with Crippen LogP contribution in [-0.2, 0) is 0 Å². The predicted octanol–water partition coefficient (Wildman–Crippen LogP) is 1.52. The smallest absolute Gasteiger partial charge is 0.305 e. The largest absolute Gasteiger partial charge is 0.336 e. The van der Waals surface area contributed by atoms with Crippen molar-refractivity contribution in [3.8, 4) is 0 Å². The molecule has 130 valence electrons. The maximum absolute atomic E-state index is 12.5. The molecule has 9 nitrogen and oxygen atoms in total. The first kappa shape index (κ1) is 16.8. The van der Waals surface area contributed by atoms with E-state index in [1.807, 2.05) is 11.9 Å². The molecule has 1 aromatic carbocycles. The van der Waals surface area contributed by atoms with Crippen LogP contribution in [0, 0.1) is 10.1 Å². The van der Waals surface area contributed by atoms with E-state index < -0.39 is 4.92 Å². The Morgan fingerprint density at radius 2 is 1.72 bits per heavy atom. The fourth-order valence-corrected chi connectivity index (χ4v) is 2.50. The molecule has 2 heterocycles. The molecule has 0 atom stereocenters. The van der Waals surface area contributed by atoms with Crippen molar-refractivity contribution >= 4 is 23.2 Å². The van der Waals surface area contributed by atoms with Gasteiger partial charge in [0.2, 0.25) is 5.95 Å². The van der Waals surface area contributed by atoms with Gasteiger partial charge in [-0.3, -0.25) is 14.9 Å². The maximum atomic E-state index is 12.5. The van der Waals surface area contributed by atoms with E-state index in [0.29, 0.717) is 11.3 Å². The van der Waals surface area contributed by atoms with E-state index in [2.05, 4.69) is 20.2 Å². The molecule has 1 aliphatic rings. The first-order valence-corrected chi connectivity index (χ1v) is 7.84. The van der Waals surface area contributed by atoms with Crippen molar-refractivity contribution in [3.05, 3.63) is 52.3 Å². The number of likely N-dealkylation sites (N-methyl/N-ethyl adjacent to an activating group) is 1. The number of carbonyl (C=O) groups is 1. The third-order valence-electron chi connectivity index (χ3n) is 4.03. The molecule has 1 fully saturated rings. The lowest BCUT2D eigenvalue weighted by Crippen LogP contribution is -2.47. The van der Waals surface area contributed by atoms with E-state index >= 15 is 0 Å². The van der Waals surface area contributed by atoms with Gasteiger partial charge in [0, 0.05) is 37.4 Å². The van der Waals surface area contributed by atoms with Crippen LogP contribution in [0.5, 0.6) is 0 Å². The molecule has 9 heteroatoms. The summed E-state index contributed by atoms with van der Waals surface area (Å²) in [4.78, 5) is 34.3. The number of nitrogens with one attached hydrogen (secondary N) is 1. The van der Waals surface area contributed by atoms with Crippen molar-refractivity contribution in [3.63, 3.8) is 0 Å². The van der Waals surface area contributed by atoms with Crippen molar-refractivity contribution < 1.29 is 9.72 Å². The maximum Gasteiger partial charge on any atom is 0.305 e. The Balaban J connectivity index is 1.63. The number of hydrogen-bond acceptors (Lipinski definition) is 7. The summed E-state index contributed by atoms with van der Waals surface area (Å²) in [6.07, 6.45) is 2.28. The molecule has 3 rings (SSSR count). The summed E-state index contributed by atoms with van der Waals surface area (Å²) in [6, 6.07) is 7.00. The molecule has 0 spiro atoms. The quantitative estimate of drug-likeness (QED) is 0.663. The van der Waals surface area contributed by atoms with Gasteiger partial charge in [0.25, 0.3) is 5.91 Å². The zero-order valence-electron chi connectivity index (χ0n) is 13.8. The summed E-state index contributed by atoms with van der Waals surface area (Å²) in [7, 11) is 2.04. The van der Waals surface area contributed by atoms with Crippen molar-refractivity contribution in [1.29, 1.82) is 0 Å². The van der Waals surface area contributed by atoms with E-state index in [1.54, 1.807) is 24.3 Å². The lowest BCUT2D eigenvalue weighted by molar-refractivity contribution is -0.385. The minimum absolute atomic E-state index is 0.0197. The molecule has 2 aromatic rings. The average molecular weight is 342 g/mol. The molecular formula is C16H18N6O3. The van der Waals surface area contributed by atoms with Gasteiger partial charge in [-0.15, -0.1) is 0 Å². The normalized spacial score (nSPS) is 15.0. The van der Waals surface area contributed by atoms with Crippen LogP contribution in [0.2, 0.25) is 0 Å². The van der Waals surface area contributed by atoms with Crippen LogP contribution < -0.4 is 5.32 Å². The molecule has 0 saturated carbocycles. The zero-order chi connectivity index (χ0) is 17.8. The molecule has 0 unspecified atom stereocenters. The molecule has 1 aromatic heterocycles. The highest BCUT2D eigenvalue weighted by Gasteiger charge is 2.20. The number of carbonyl (C=O) groups excluding carboxylic acids is 1. The Hall–Kier alpha value is -3.07. The van der Waals surface area contributed by atoms with E-state index in [4.69, 9.17) is 0 Å². The van der Waals surface area contributed by atoms with Gasteiger partial charge in [0.15, 0.2) is 0 Å². The van der Waals surface area contributed by atoms with Gasteiger partial charge in [0.05, 0.1) is 4.92 Å². The monoisotopic (exact) mass is 342 g/mol. The van der Waals surface area contributed by atoms with Crippen molar-refractivity contribution in [2.24, 2.45) is 0 Å². The summed E-state index contributed by atoms with van der Waals surface area (Å²) < 4.78 is 0. The Labute approximate surface area is 144 Å². The number of rotatable bonds is 4. The van der Waals surface area contributed by atoms with Crippen LogP contribution in [0.1, 0.15) is 10.4 Å². The van der Waals surface area contributed by atoms with Crippen molar-refractivity contribution in [2.75, 3.05) is 38.5 Å². The summed E-state index contributed by atoms with van der Waals surface area (Å²) in [6.45, 7) is 3.21. The molecule has 0 aliphatic carbocycles. The number of amides is 1. The number of anilines is 2. The second kappa shape index (κ2) is 7.22. The van der Waals surface area contributed by atoms with Gasteiger partial charge in [-0.25, -0.2) is 9.97 Å². The fourth-order valence-electron chi connectivity index (χ4n) is 2.50. The Morgan fingerprint density at radius 1 is 1.12 bits per heavy atom. The van der Waals surface area contributed by atoms with Crippen LogP contribution in [0.4, 0.5) is 17.3 Å². The highest BCUT2D eigenvalue weighted by atomic mass is 16.6. The molecule has 1 saturated heterocycles. The van der Waals surface area contributed by atoms with Crippen molar-refractivity contribution in [1.82, 2.24) is 19.8 Å². The third kappa shape index (κ3) is 4.07. The minimum Gasteiger partial charge on any atom is -0.336 e. The highest BCUT2D eigenvalue weighted by molar-refractivity contribution is 5.94. The topological polar surface area (TPSA) is 104 Å². The van der Waals surface area contributed by atoms with E-state index in [-0.39, 0.29) is 17.5 Å². The van der Waals surface area contributed by atoms with E-state index in [0.717, 1.165) is 38.6 Å². The number of benzene rings is 1. The highest BCUT2D eigenvalue weighted by Crippen LogP contribution is 2.17. The van der Waals surface area contributed by atoms with Gasteiger partial charge in [0.1, 0.15) is 12.4 Å². The molecular weight excluding hydrogens is 324 g/mol. The van der Waals surface area contributed by atoms with Gasteiger partial charge in [-0.05, 0) is 31.3 Å². The van der Waals surface area contributed by atoms with Crippen LogP contribution in [0.25, 0.3) is 0 Å². The summed E-state index contributed by atoms with van der Waals surface area (Å²) in [5.74, 6) is 0.273. The number of aromatic nitrogens is 2. The van der Waals surface area contributed by atoms with Crippen LogP contribution >= 0.6 is 0 Å². The first-order chi connectivity index (χ1) is 12.0. The third-order valence-corrected chi connectivity index (χ3v) is 4.03. The number of hydrogen-bond donors (Lipinski definition) is 1. The fraction of sp³-hybridized carbons (Fsp3) is 0.312. The lowest BCUT2D eigenvalue weighted by Gasteiger charge is -2.32. The SMILES string of the molecule is CN1CCN(C(=O)c2ccc(Nc3ncc([N+](=O)[O-])cn3)cc2)CC1. The van der Waals surface area contributed by atoms with Crippen LogP contribution in [-0.4, -0.2) is 63.8 Å². The zero-order valence-corrected chi connectivity index (χ0v) is 13.8. The standard InChI is InChI=1S/C16H18N6O3/c1-20-6-8-21(9-7-20)15(23)12-2-4-13(5-3-12)19-16-17-10-14(11-18-16)22(24)25/h2-5,10-11H,6-9H2,1H3,(H,17,18,19). The van der Waals surface area contributed by atoms with E-state index in [9.17, 15) is 14.9 Å². The van der Waals surface area contributed by atoms with Gasteiger partial charge in [-0.2, -0.15) is 0 Å². The number of piperazine rings is 1. The second-order valence-corrected chi connectivity index (χ2v) is 5.82. The first-order valence-electron chi connectivity index (χ1n) is 7.84. The molecule has 1 aliphatic heterocycles. The van der Waals surface area contributed by atoms with Crippen LogP contribution in [0.15, 0.2) is 36.7 Å². The minimum atomic E-state index is -0.553. The van der Waals surface area contributed by atoms with Crippen molar-refractivity contribution in [2.45, 2.75) is 0 Å². The predicted molar refractivity (Wildman–Crippen MR) is 91.8 cm³/mol. The van der Waals surface area contributed by atoms with Gasteiger partial charge < -0.3 is 15.1 Å².